The molecule has 0 aliphatic heterocycles. The second kappa shape index (κ2) is 8.06. The molecular weight excluding hydrogens is 329 g/mol. The molecule has 1 atom stereocenters. The van der Waals surface area contributed by atoms with Crippen LogP contribution in [0.5, 0.6) is 5.75 Å². The first-order valence-corrected chi connectivity index (χ1v) is 9.55. The number of esters is 1. The van der Waals surface area contributed by atoms with Crippen LogP contribution in [0.3, 0.4) is 0 Å². The van der Waals surface area contributed by atoms with Crippen LogP contribution < -0.4 is 26.4 Å². The summed E-state index contributed by atoms with van der Waals surface area (Å²) in [5.74, 6) is 0.297. The molecule has 0 saturated heterocycles. The van der Waals surface area contributed by atoms with Gasteiger partial charge in [0, 0.05) is 5.30 Å². The number of benzene rings is 3. The van der Waals surface area contributed by atoms with Gasteiger partial charge in [-0.25, -0.2) is 4.79 Å². The minimum Gasteiger partial charge on any atom is -0.421 e. The van der Waals surface area contributed by atoms with Gasteiger partial charge in [0.25, 0.3) is 0 Å². The van der Waals surface area contributed by atoms with Crippen LogP contribution in [-0.4, -0.2) is 12.0 Å². The Kier molecular flexibility index (Phi) is 5.60. The van der Waals surface area contributed by atoms with Gasteiger partial charge >= 0.3 is 5.97 Å². The number of hydrogen-bond acceptors (Lipinski definition) is 2. The van der Waals surface area contributed by atoms with Crippen molar-refractivity contribution in [2.75, 3.05) is 0 Å². The number of hydrogen-bond donors (Lipinski definition) is 1. The Bertz CT molecular complexity index is 795. The van der Waals surface area contributed by atoms with Gasteiger partial charge < -0.3 is 10.5 Å². The Balaban J connectivity index is 2.10. The molecule has 25 heavy (non-hydrogen) atoms. The lowest BCUT2D eigenvalue weighted by Gasteiger charge is -2.21. The molecule has 3 nitrogen and oxygen atoms in total. The zero-order valence-electron chi connectivity index (χ0n) is 14.1. The average molecular weight is 350 g/mol. The van der Waals surface area contributed by atoms with Crippen LogP contribution in [0.15, 0.2) is 84.9 Å². The van der Waals surface area contributed by atoms with Crippen molar-refractivity contribution in [3.05, 3.63) is 84.9 Å². The molecule has 4 heteroatoms. The first kappa shape index (κ1) is 17.3. The molecule has 3 rings (SSSR count). The van der Waals surface area contributed by atoms with Crippen LogP contribution in [0.1, 0.15) is 6.92 Å². The van der Waals surface area contributed by atoms with Crippen molar-refractivity contribution >= 4 is 29.8 Å². The molecule has 3 N–H and O–H groups in total. The average Bonchev–Trinajstić information content (AvgIpc) is 2.65. The van der Waals surface area contributed by atoms with E-state index >= 15 is 0 Å². The number of carbonyl (C=O) groups excluding carboxylic acids is 1. The molecule has 0 aliphatic carbocycles. The monoisotopic (exact) mass is 350 g/mol. The highest BCUT2D eigenvalue weighted by atomic mass is 31.1. The van der Waals surface area contributed by atoms with Crippen molar-refractivity contribution in [3.63, 3.8) is 0 Å². The molecule has 0 unspecified atom stereocenters. The molecule has 0 heterocycles. The summed E-state index contributed by atoms with van der Waals surface area (Å²) in [6, 6.07) is 28.1. The lowest BCUT2D eigenvalue weighted by Crippen LogP contribution is -2.64. The Hall–Kier alpha value is -2.48. The lowest BCUT2D eigenvalue weighted by atomic mass is 10.3. The zero-order valence-corrected chi connectivity index (χ0v) is 15.0. The molecule has 0 amide bonds. The van der Waals surface area contributed by atoms with E-state index in [0.29, 0.717) is 5.75 Å². The molecule has 0 aliphatic rings. The minimum atomic E-state index is -0.814. The number of ether oxygens (including phenoxy) is 1. The zero-order chi connectivity index (χ0) is 17.6. The van der Waals surface area contributed by atoms with Gasteiger partial charge in [-0.3, -0.25) is 0 Å². The third kappa shape index (κ3) is 4.14. The van der Waals surface area contributed by atoms with E-state index in [9.17, 15) is 4.79 Å². The van der Waals surface area contributed by atoms with Crippen molar-refractivity contribution < 1.29 is 15.3 Å². The molecule has 3 aromatic carbocycles. The summed E-state index contributed by atoms with van der Waals surface area (Å²) in [4.78, 5) is 12.1. The fourth-order valence-corrected chi connectivity index (χ4v) is 4.89. The van der Waals surface area contributed by atoms with E-state index in [1.54, 1.807) is 6.92 Å². The van der Waals surface area contributed by atoms with E-state index in [1.807, 2.05) is 60.7 Å². The van der Waals surface area contributed by atoms with Crippen LogP contribution in [0.4, 0.5) is 0 Å². The largest absolute Gasteiger partial charge is 0.421 e. The maximum atomic E-state index is 12.1. The number of para-hydroxylation sites is 1. The summed E-state index contributed by atoms with van der Waals surface area (Å²) < 4.78 is 5.65. The lowest BCUT2D eigenvalue weighted by molar-refractivity contribution is -0.401. The van der Waals surface area contributed by atoms with Crippen LogP contribution >= 0.6 is 7.92 Å². The van der Waals surface area contributed by atoms with Gasteiger partial charge in [-0.1, -0.05) is 78.9 Å². The highest BCUT2D eigenvalue weighted by molar-refractivity contribution is 7.80. The molecule has 0 aromatic heterocycles. The maximum Gasteiger partial charge on any atom is 0.369 e. The Morgan fingerprint density at radius 3 is 1.84 bits per heavy atom. The highest BCUT2D eigenvalue weighted by Crippen LogP contribution is 2.36. The predicted molar refractivity (Wildman–Crippen MR) is 103 cm³/mol. The van der Waals surface area contributed by atoms with Gasteiger partial charge in [-0.15, -0.1) is 0 Å². The second-order valence-corrected chi connectivity index (χ2v) is 7.98. The fraction of sp³-hybridized carbons (Fsp3) is 0.0952. The van der Waals surface area contributed by atoms with Crippen LogP contribution in [0.25, 0.3) is 0 Å². The Morgan fingerprint density at radius 1 is 0.840 bits per heavy atom. The van der Waals surface area contributed by atoms with E-state index in [1.165, 1.54) is 10.6 Å². The third-order valence-corrected chi connectivity index (χ3v) is 6.23. The van der Waals surface area contributed by atoms with E-state index < -0.39 is 14.0 Å². The van der Waals surface area contributed by atoms with Gasteiger partial charge in [0.15, 0.2) is 6.04 Å². The summed E-state index contributed by atoms with van der Waals surface area (Å²) in [6.07, 6.45) is 0. The molecular formula is C21H21NO2P+. The summed E-state index contributed by atoms with van der Waals surface area (Å²) in [5, 5.41) is 3.47. The number of rotatable bonds is 5. The standard InChI is InChI=1S/C21H20NO2P/c1-16(22)21(23)24-19-14-8-9-15-20(19)25(17-10-4-2-5-11-17)18-12-6-3-7-13-18/h2-16H,22H2,1H3/p+1/t16-/m0/s1. The number of carbonyl (C=O) groups is 1. The SMILES string of the molecule is C[C@H]([NH3+])C(=O)Oc1ccccc1P(c1ccccc1)c1ccccc1. The van der Waals surface area contributed by atoms with E-state index in [4.69, 9.17) is 4.74 Å². The summed E-state index contributed by atoms with van der Waals surface area (Å²) in [7, 11) is -0.814. The van der Waals surface area contributed by atoms with Gasteiger partial charge in [0.2, 0.25) is 0 Å². The topological polar surface area (TPSA) is 53.9 Å². The summed E-state index contributed by atoms with van der Waals surface area (Å²) >= 11 is 0. The van der Waals surface area contributed by atoms with Gasteiger partial charge in [-0.05, 0) is 31.5 Å². The van der Waals surface area contributed by atoms with Crippen molar-refractivity contribution in [1.29, 1.82) is 0 Å². The highest BCUT2D eigenvalue weighted by Gasteiger charge is 2.22. The second-order valence-electron chi connectivity index (χ2n) is 5.80. The molecule has 126 valence electrons. The van der Waals surface area contributed by atoms with Crippen LogP contribution in [-0.2, 0) is 4.79 Å². The summed E-state index contributed by atoms with van der Waals surface area (Å²) in [5.41, 5.74) is 3.76. The van der Waals surface area contributed by atoms with Crippen molar-refractivity contribution in [1.82, 2.24) is 0 Å². The van der Waals surface area contributed by atoms with E-state index in [2.05, 4.69) is 30.0 Å². The van der Waals surface area contributed by atoms with Crippen LogP contribution in [0, 0.1) is 0 Å². The van der Waals surface area contributed by atoms with Gasteiger partial charge in [0.05, 0.1) is 0 Å². The van der Waals surface area contributed by atoms with E-state index in [0.717, 1.165) is 5.30 Å². The van der Waals surface area contributed by atoms with Crippen molar-refractivity contribution in [2.45, 2.75) is 13.0 Å². The van der Waals surface area contributed by atoms with Crippen molar-refractivity contribution in [3.8, 4) is 5.75 Å². The predicted octanol–water partition coefficient (Wildman–Crippen LogP) is 1.98. The molecule has 3 aromatic rings. The molecule has 0 spiro atoms. The van der Waals surface area contributed by atoms with Crippen LogP contribution in [0.2, 0.25) is 0 Å². The van der Waals surface area contributed by atoms with Gasteiger partial charge in [0.1, 0.15) is 5.75 Å². The smallest absolute Gasteiger partial charge is 0.369 e. The Labute approximate surface area is 149 Å². The summed E-state index contributed by atoms with van der Waals surface area (Å²) in [6.45, 7) is 1.74. The number of quaternary nitrogens is 1. The molecule has 0 saturated carbocycles. The molecule has 0 fully saturated rings. The maximum absolute atomic E-state index is 12.1. The normalized spacial score (nSPS) is 12.0. The van der Waals surface area contributed by atoms with Gasteiger partial charge in [-0.2, -0.15) is 0 Å². The quantitative estimate of drug-likeness (QED) is 0.435. The first-order chi connectivity index (χ1) is 12.2. The fourth-order valence-electron chi connectivity index (χ4n) is 2.52. The van der Waals surface area contributed by atoms with E-state index in [-0.39, 0.29) is 5.97 Å². The molecule has 0 radical (unpaired) electrons. The minimum absolute atomic E-state index is 0.316. The van der Waals surface area contributed by atoms with Crippen molar-refractivity contribution in [2.24, 2.45) is 0 Å². The third-order valence-electron chi connectivity index (χ3n) is 3.75. The Morgan fingerprint density at radius 2 is 1.32 bits per heavy atom. The molecule has 0 bridgehead atoms. The first-order valence-electron chi connectivity index (χ1n) is 8.21.